The fraction of sp³-hybridized carbons (Fsp3) is 0.176. The van der Waals surface area contributed by atoms with Crippen LogP contribution in [0.25, 0.3) is 0 Å². The molecule has 0 saturated heterocycles. The number of benzene rings is 2. The molecule has 1 atom stereocenters. The van der Waals surface area contributed by atoms with E-state index < -0.39 is 45.1 Å². The van der Waals surface area contributed by atoms with E-state index in [9.17, 15) is 26.8 Å². The zero-order valence-electron chi connectivity index (χ0n) is 13.5. The van der Waals surface area contributed by atoms with Gasteiger partial charge in [-0.3, -0.25) is 9.59 Å². The minimum Gasteiger partial charge on any atom is -0.368 e. The molecule has 0 aliphatic carbocycles. The number of halogens is 2. The number of rotatable bonds is 7. The summed E-state index contributed by atoms with van der Waals surface area (Å²) in [6.45, 7) is 0. The quantitative estimate of drug-likeness (QED) is 0.755. The van der Waals surface area contributed by atoms with Crippen molar-refractivity contribution >= 4 is 21.7 Å². The van der Waals surface area contributed by atoms with Gasteiger partial charge in [-0.25, -0.2) is 17.2 Å². The van der Waals surface area contributed by atoms with Crippen LogP contribution in [0.3, 0.4) is 0 Å². The average molecular weight is 382 g/mol. The van der Waals surface area contributed by atoms with Crippen molar-refractivity contribution < 1.29 is 26.8 Å². The molecule has 0 unspecified atom stereocenters. The molecule has 26 heavy (non-hydrogen) atoms. The van der Waals surface area contributed by atoms with Crippen molar-refractivity contribution in [1.29, 1.82) is 0 Å². The number of carbonyl (C=O) groups excluding carboxylic acids is 2. The van der Waals surface area contributed by atoms with Crippen LogP contribution >= 0.6 is 0 Å². The molecule has 0 bridgehead atoms. The molecule has 138 valence electrons. The van der Waals surface area contributed by atoms with Crippen LogP contribution in [0.15, 0.2) is 53.4 Å². The Morgan fingerprint density at radius 2 is 1.62 bits per heavy atom. The summed E-state index contributed by atoms with van der Waals surface area (Å²) in [6, 6.07) is 8.43. The third kappa shape index (κ3) is 5.09. The average Bonchev–Trinajstić information content (AvgIpc) is 2.58. The van der Waals surface area contributed by atoms with Crippen LogP contribution in [0.5, 0.6) is 0 Å². The second-order valence-electron chi connectivity index (χ2n) is 5.51. The SMILES string of the molecule is NC(=O)[C@@H](CCS(=O)(=O)c1ccccc1)NC(=O)c1cc(F)cc(F)c1. The molecule has 0 aromatic heterocycles. The molecular formula is C17H16F2N2O4S. The summed E-state index contributed by atoms with van der Waals surface area (Å²) < 4.78 is 50.9. The summed E-state index contributed by atoms with van der Waals surface area (Å²) in [6.07, 6.45) is -0.282. The monoisotopic (exact) mass is 382 g/mol. The highest BCUT2D eigenvalue weighted by atomic mass is 32.2. The topological polar surface area (TPSA) is 106 Å². The first kappa shape index (κ1) is 19.5. The lowest BCUT2D eigenvalue weighted by atomic mass is 10.1. The molecular weight excluding hydrogens is 366 g/mol. The lowest BCUT2D eigenvalue weighted by Gasteiger charge is -2.15. The first-order valence-corrected chi connectivity index (χ1v) is 9.18. The van der Waals surface area contributed by atoms with Gasteiger partial charge < -0.3 is 11.1 Å². The second-order valence-corrected chi connectivity index (χ2v) is 7.62. The van der Waals surface area contributed by atoms with Gasteiger partial charge in [0, 0.05) is 11.6 Å². The highest BCUT2D eigenvalue weighted by Gasteiger charge is 2.23. The maximum Gasteiger partial charge on any atom is 0.252 e. The molecule has 0 aliphatic heterocycles. The van der Waals surface area contributed by atoms with E-state index in [0.717, 1.165) is 12.1 Å². The predicted molar refractivity (Wildman–Crippen MR) is 89.9 cm³/mol. The minimum absolute atomic E-state index is 0.0711. The van der Waals surface area contributed by atoms with Crippen molar-refractivity contribution in [2.24, 2.45) is 5.73 Å². The lowest BCUT2D eigenvalue weighted by molar-refractivity contribution is -0.119. The van der Waals surface area contributed by atoms with Crippen LogP contribution in [0.2, 0.25) is 0 Å². The number of hydrogen-bond donors (Lipinski definition) is 2. The van der Waals surface area contributed by atoms with Crippen molar-refractivity contribution in [3.63, 3.8) is 0 Å². The van der Waals surface area contributed by atoms with Gasteiger partial charge in [-0.2, -0.15) is 0 Å². The van der Waals surface area contributed by atoms with E-state index in [1.165, 1.54) is 12.1 Å². The normalized spacial score (nSPS) is 12.4. The van der Waals surface area contributed by atoms with E-state index in [1.807, 2.05) is 0 Å². The summed E-state index contributed by atoms with van der Waals surface area (Å²) in [5.74, 6) is -4.26. The summed E-state index contributed by atoms with van der Waals surface area (Å²) in [7, 11) is -3.68. The van der Waals surface area contributed by atoms with Gasteiger partial charge in [0.05, 0.1) is 10.6 Å². The maximum atomic E-state index is 13.2. The third-order valence-electron chi connectivity index (χ3n) is 3.55. The van der Waals surface area contributed by atoms with E-state index in [-0.39, 0.29) is 16.9 Å². The van der Waals surface area contributed by atoms with Crippen molar-refractivity contribution in [2.75, 3.05) is 5.75 Å². The Morgan fingerprint density at radius 3 is 2.15 bits per heavy atom. The maximum absolute atomic E-state index is 13.2. The van der Waals surface area contributed by atoms with E-state index in [2.05, 4.69) is 5.32 Å². The fourth-order valence-electron chi connectivity index (χ4n) is 2.23. The standard InChI is InChI=1S/C17H16F2N2O4S/c18-12-8-11(9-13(19)10-12)17(23)21-15(16(20)22)6-7-26(24,25)14-4-2-1-3-5-14/h1-5,8-10,15H,6-7H2,(H2,20,22)(H,21,23)/t15-/m1/s1. The van der Waals surface area contributed by atoms with E-state index >= 15 is 0 Å². The number of carbonyl (C=O) groups is 2. The van der Waals surface area contributed by atoms with Gasteiger partial charge in [0.15, 0.2) is 9.84 Å². The van der Waals surface area contributed by atoms with Crippen LogP contribution in [-0.4, -0.2) is 32.0 Å². The van der Waals surface area contributed by atoms with Crippen LogP contribution in [0.4, 0.5) is 8.78 Å². The van der Waals surface area contributed by atoms with Gasteiger partial charge >= 0.3 is 0 Å². The molecule has 0 spiro atoms. The fourth-order valence-corrected chi connectivity index (χ4v) is 3.58. The Labute approximate surface area is 148 Å². The van der Waals surface area contributed by atoms with Crippen molar-refractivity contribution in [1.82, 2.24) is 5.32 Å². The summed E-state index contributed by atoms with van der Waals surface area (Å²) in [5.41, 5.74) is 4.85. The number of hydrogen-bond acceptors (Lipinski definition) is 4. The van der Waals surface area contributed by atoms with E-state index in [0.29, 0.717) is 6.07 Å². The molecule has 3 N–H and O–H groups in total. The van der Waals surface area contributed by atoms with Gasteiger partial charge in [0.2, 0.25) is 5.91 Å². The molecule has 0 fully saturated rings. The van der Waals surface area contributed by atoms with Gasteiger partial charge in [0.25, 0.3) is 5.91 Å². The number of sulfone groups is 1. The molecule has 0 radical (unpaired) electrons. The van der Waals surface area contributed by atoms with E-state index in [1.54, 1.807) is 18.2 Å². The van der Waals surface area contributed by atoms with Gasteiger partial charge in [-0.15, -0.1) is 0 Å². The first-order valence-electron chi connectivity index (χ1n) is 7.53. The zero-order chi connectivity index (χ0) is 19.3. The smallest absolute Gasteiger partial charge is 0.252 e. The van der Waals surface area contributed by atoms with Crippen LogP contribution in [0.1, 0.15) is 16.8 Å². The zero-order valence-corrected chi connectivity index (χ0v) is 14.3. The van der Waals surface area contributed by atoms with Crippen molar-refractivity contribution in [2.45, 2.75) is 17.4 Å². The molecule has 2 amide bonds. The van der Waals surface area contributed by atoms with Crippen LogP contribution < -0.4 is 11.1 Å². The molecule has 2 aromatic carbocycles. The molecule has 0 aliphatic rings. The Hall–Kier alpha value is -2.81. The Bertz CT molecular complexity index is 897. The summed E-state index contributed by atoms with van der Waals surface area (Å²) in [5, 5.41) is 2.20. The molecule has 0 heterocycles. The van der Waals surface area contributed by atoms with Crippen molar-refractivity contribution in [3.05, 3.63) is 65.7 Å². The number of nitrogens with one attached hydrogen (secondary N) is 1. The second kappa shape index (κ2) is 8.05. The molecule has 2 rings (SSSR count). The van der Waals surface area contributed by atoms with Crippen LogP contribution in [0, 0.1) is 11.6 Å². The number of primary amides is 1. The summed E-state index contributed by atoms with van der Waals surface area (Å²) in [4.78, 5) is 23.6. The Balaban J connectivity index is 2.09. The molecule has 6 nitrogen and oxygen atoms in total. The number of amides is 2. The predicted octanol–water partition coefficient (Wildman–Crippen LogP) is 1.41. The third-order valence-corrected chi connectivity index (χ3v) is 5.31. The first-order chi connectivity index (χ1) is 12.2. The molecule has 0 saturated carbocycles. The van der Waals surface area contributed by atoms with Crippen molar-refractivity contribution in [3.8, 4) is 0 Å². The van der Waals surface area contributed by atoms with Gasteiger partial charge in [0.1, 0.15) is 17.7 Å². The highest BCUT2D eigenvalue weighted by molar-refractivity contribution is 7.91. The largest absolute Gasteiger partial charge is 0.368 e. The minimum atomic E-state index is -3.68. The Kier molecular flexibility index (Phi) is 6.04. The Morgan fingerprint density at radius 1 is 1.04 bits per heavy atom. The number of nitrogens with two attached hydrogens (primary N) is 1. The molecule has 2 aromatic rings. The van der Waals surface area contributed by atoms with Crippen LogP contribution in [-0.2, 0) is 14.6 Å². The van der Waals surface area contributed by atoms with Gasteiger partial charge in [-0.1, -0.05) is 18.2 Å². The summed E-state index contributed by atoms with van der Waals surface area (Å²) >= 11 is 0. The lowest BCUT2D eigenvalue weighted by Crippen LogP contribution is -2.45. The van der Waals surface area contributed by atoms with E-state index in [4.69, 9.17) is 5.73 Å². The molecule has 9 heteroatoms. The van der Waals surface area contributed by atoms with Gasteiger partial charge in [-0.05, 0) is 30.7 Å². The highest BCUT2D eigenvalue weighted by Crippen LogP contribution is 2.13.